The van der Waals surface area contributed by atoms with E-state index in [-0.39, 0.29) is 0 Å². The van der Waals surface area contributed by atoms with Crippen molar-refractivity contribution in [3.8, 4) is 0 Å². The summed E-state index contributed by atoms with van der Waals surface area (Å²) in [6, 6.07) is 0.941. The van der Waals surface area contributed by atoms with Gasteiger partial charge in [0.25, 0.3) is 0 Å². The molecule has 1 heterocycles. The summed E-state index contributed by atoms with van der Waals surface area (Å²) >= 11 is 1.99. The van der Waals surface area contributed by atoms with Crippen molar-refractivity contribution in [3.05, 3.63) is 0 Å². The fourth-order valence-electron chi connectivity index (χ4n) is 3.48. The maximum atomic E-state index is 12.3. The summed E-state index contributed by atoms with van der Waals surface area (Å²) in [5, 5.41) is 4.49. The highest BCUT2D eigenvalue weighted by atomic mass is 32.2. The number of nitrogens with zero attached hydrogens (tertiary/aromatic N) is 1. The van der Waals surface area contributed by atoms with Gasteiger partial charge < -0.3 is 10.2 Å². The molecular formula is C16H30N2OS. The smallest absolute Gasteiger partial charge is 0.224 e. The number of carbonyl (C=O) groups excluding carboxylic acids is 1. The molecule has 1 saturated carbocycles. The Hall–Kier alpha value is -0.220. The predicted octanol–water partition coefficient (Wildman–Crippen LogP) is 3.04. The van der Waals surface area contributed by atoms with Crippen LogP contribution in [-0.4, -0.2) is 47.5 Å². The van der Waals surface area contributed by atoms with Gasteiger partial charge in [-0.25, -0.2) is 0 Å². The molecule has 2 fully saturated rings. The summed E-state index contributed by atoms with van der Waals surface area (Å²) in [4.78, 5) is 14.4. The second kappa shape index (κ2) is 8.28. The first-order valence-corrected chi connectivity index (χ1v) is 9.54. The van der Waals surface area contributed by atoms with Crippen LogP contribution in [0.2, 0.25) is 0 Å². The monoisotopic (exact) mass is 298 g/mol. The van der Waals surface area contributed by atoms with Crippen LogP contribution in [0.5, 0.6) is 0 Å². The van der Waals surface area contributed by atoms with Crippen LogP contribution in [0, 0.1) is 0 Å². The van der Waals surface area contributed by atoms with E-state index in [9.17, 15) is 4.79 Å². The standard InChI is InChI=1S/C16H30N2OS/c1-13(17-14-7-8-15(12-14)20-2)11-16(19)18-9-5-3-4-6-10-18/h13-15,17H,3-12H2,1-2H3/t13-,14+,15-/m1/s1. The molecule has 0 aromatic rings. The minimum absolute atomic E-state index is 0.316. The summed E-state index contributed by atoms with van der Waals surface area (Å²) in [5.41, 5.74) is 0. The molecule has 1 saturated heterocycles. The molecule has 1 aliphatic carbocycles. The van der Waals surface area contributed by atoms with Crippen molar-refractivity contribution in [2.45, 2.75) is 75.6 Å². The lowest BCUT2D eigenvalue weighted by Crippen LogP contribution is -2.40. The average Bonchev–Trinajstić information content (AvgIpc) is 2.71. The highest BCUT2D eigenvalue weighted by Crippen LogP contribution is 2.28. The van der Waals surface area contributed by atoms with Gasteiger partial charge in [-0.05, 0) is 45.3 Å². The fraction of sp³-hybridized carbons (Fsp3) is 0.938. The molecule has 0 radical (unpaired) electrons. The van der Waals surface area contributed by atoms with Crippen LogP contribution in [0.25, 0.3) is 0 Å². The van der Waals surface area contributed by atoms with Crippen molar-refractivity contribution in [1.29, 1.82) is 0 Å². The van der Waals surface area contributed by atoms with Gasteiger partial charge >= 0.3 is 0 Å². The lowest BCUT2D eigenvalue weighted by Gasteiger charge is -2.24. The Bertz CT molecular complexity index is 303. The van der Waals surface area contributed by atoms with Crippen LogP contribution < -0.4 is 5.32 Å². The highest BCUT2D eigenvalue weighted by molar-refractivity contribution is 7.99. The molecule has 1 amide bonds. The summed E-state index contributed by atoms with van der Waals surface area (Å²) in [5.74, 6) is 0.353. The summed E-state index contributed by atoms with van der Waals surface area (Å²) in [7, 11) is 0. The minimum atomic E-state index is 0.316. The molecule has 20 heavy (non-hydrogen) atoms. The first-order valence-electron chi connectivity index (χ1n) is 8.25. The first kappa shape index (κ1) is 16.2. The third-order valence-electron chi connectivity index (χ3n) is 4.68. The Kier molecular flexibility index (Phi) is 6.69. The van der Waals surface area contributed by atoms with Crippen molar-refractivity contribution in [1.82, 2.24) is 10.2 Å². The van der Waals surface area contributed by atoms with Crippen LogP contribution in [-0.2, 0) is 4.79 Å². The average molecular weight is 298 g/mol. The lowest BCUT2D eigenvalue weighted by molar-refractivity contribution is -0.131. The van der Waals surface area contributed by atoms with Gasteiger partial charge in [0.1, 0.15) is 0 Å². The third-order valence-corrected chi connectivity index (χ3v) is 5.77. The number of thioether (sulfide) groups is 1. The first-order chi connectivity index (χ1) is 9.69. The Morgan fingerprint density at radius 1 is 1.25 bits per heavy atom. The number of carbonyl (C=O) groups is 1. The van der Waals surface area contributed by atoms with Gasteiger partial charge in [-0.3, -0.25) is 4.79 Å². The van der Waals surface area contributed by atoms with E-state index in [1.54, 1.807) is 0 Å². The van der Waals surface area contributed by atoms with Gasteiger partial charge in [-0.15, -0.1) is 0 Å². The molecule has 0 aromatic heterocycles. The molecule has 0 aromatic carbocycles. The van der Waals surface area contributed by atoms with E-state index in [0.29, 0.717) is 24.4 Å². The molecule has 2 aliphatic rings. The Balaban J connectivity index is 1.70. The zero-order valence-corrected chi connectivity index (χ0v) is 13.9. The van der Waals surface area contributed by atoms with Crippen LogP contribution in [0.3, 0.4) is 0 Å². The lowest BCUT2D eigenvalue weighted by atomic mass is 10.1. The van der Waals surface area contributed by atoms with E-state index in [2.05, 4.69) is 23.4 Å². The van der Waals surface area contributed by atoms with Crippen molar-refractivity contribution >= 4 is 17.7 Å². The van der Waals surface area contributed by atoms with Crippen LogP contribution >= 0.6 is 11.8 Å². The number of rotatable bonds is 5. The number of likely N-dealkylation sites (tertiary alicyclic amines) is 1. The van der Waals surface area contributed by atoms with Crippen molar-refractivity contribution in [2.24, 2.45) is 0 Å². The molecule has 0 bridgehead atoms. The van der Waals surface area contributed by atoms with Crippen LogP contribution in [0.15, 0.2) is 0 Å². The minimum Gasteiger partial charge on any atom is -0.343 e. The molecule has 0 unspecified atom stereocenters. The molecule has 1 N–H and O–H groups in total. The molecule has 116 valence electrons. The largest absolute Gasteiger partial charge is 0.343 e. The van der Waals surface area contributed by atoms with E-state index >= 15 is 0 Å². The zero-order valence-electron chi connectivity index (χ0n) is 13.1. The molecule has 3 nitrogen and oxygen atoms in total. The second-order valence-corrected chi connectivity index (χ2v) is 7.57. The van der Waals surface area contributed by atoms with Gasteiger partial charge in [-0.2, -0.15) is 11.8 Å². The van der Waals surface area contributed by atoms with Gasteiger partial charge in [0.15, 0.2) is 0 Å². The van der Waals surface area contributed by atoms with E-state index in [4.69, 9.17) is 0 Å². The Morgan fingerprint density at radius 3 is 2.55 bits per heavy atom. The second-order valence-electron chi connectivity index (χ2n) is 6.43. The Labute approximate surface area is 128 Å². The van der Waals surface area contributed by atoms with Gasteiger partial charge in [0.2, 0.25) is 5.91 Å². The zero-order chi connectivity index (χ0) is 14.4. The molecular weight excluding hydrogens is 268 g/mol. The van der Waals surface area contributed by atoms with E-state index < -0.39 is 0 Å². The number of hydrogen-bond donors (Lipinski definition) is 1. The van der Waals surface area contributed by atoms with E-state index in [1.165, 1.54) is 44.9 Å². The van der Waals surface area contributed by atoms with Crippen molar-refractivity contribution in [3.63, 3.8) is 0 Å². The van der Waals surface area contributed by atoms with Gasteiger partial charge in [0, 0.05) is 36.8 Å². The SMILES string of the molecule is CS[C@@H]1CC[C@H](N[C@H](C)CC(=O)N2CCCCCC2)C1. The molecule has 0 spiro atoms. The van der Waals surface area contributed by atoms with Gasteiger partial charge in [-0.1, -0.05) is 12.8 Å². The normalized spacial score (nSPS) is 29.2. The molecule has 4 heteroatoms. The molecule has 2 rings (SSSR count). The van der Waals surface area contributed by atoms with Crippen molar-refractivity contribution in [2.75, 3.05) is 19.3 Å². The number of hydrogen-bond acceptors (Lipinski definition) is 3. The predicted molar refractivity (Wildman–Crippen MR) is 87.2 cm³/mol. The van der Waals surface area contributed by atoms with E-state index in [0.717, 1.165) is 18.3 Å². The maximum absolute atomic E-state index is 12.3. The van der Waals surface area contributed by atoms with Crippen LogP contribution in [0.1, 0.15) is 58.3 Å². The summed E-state index contributed by atoms with van der Waals surface area (Å²) in [6.45, 7) is 4.12. The Morgan fingerprint density at radius 2 is 1.95 bits per heavy atom. The van der Waals surface area contributed by atoms with Crippen molar-refractivity contribution < 1.29 is 4.79 Å². The quantitative estimate of drug-likeness (QED) is 0.847. The highest BCUT2D eigenvalue weighted by Gasteiger charge is 2.26. The van der Waals surface area contributed by atoms with E-state index in [1.807, 2.05) is 11.8 Å². The fourth-order valence-corrected chi connectivity index (χ4v) is 4.27. The topological polar surface area (TPSA) is 32.3 Å². The third kappa shape index (κ3) is 4.96. The number of amides is 1. The summed E-state index contributed by atoms with van der Waals surface area (Å²) in [6.07, 6.45) is 11.7. The summed E-state index contributed by atoms with van der Waals surface area (Å²) < 4.78 is 0. The maximum Gasteiger partial charge on any atom is 0.224 e. The van der Waals surface area contributed by atoms with Crippen LogP contribution in [0.4, 0.5) is 0 Å². The molecule has 1 aliphatic heterocycles. The van der Waals surface area contributed by atoms with Gasteiger partial charge in [0.05, 0.1) is 0 Å². The number of nitrogens with one attached hydrogen (secondary N) is 1. The molecule has 3 atom stereocenters.